The maximum atomic E-state index is 4.35. The standard InChI is InChI=1S/C11H11BN2.C2H6/c1-2-4-9-5-3-6-10-7-14(12)8-13-11(9)10;1-2/h2-8,12H,1H3;1-2H3/q+1;/b4-2+;. The van der Waals surface area contributed by atoms with Crippen LogP contribution in [0.5, 0.6) is 0 Å². The molecule has 1 heterocycles. The molecule has 0 saturated heterocycles. The fourth-order valence-electron chi connectivity index (χ4n) is 1.49. The van der Waals surface area contributed by atoms with Crippen molar-refractivity contribution in [2.24, 2.45) is 0 Å². The van der Waals surface area contributed by atoms with Crippen LogP contribution in [0.3, 0.4) is 0 Å². The first kappa shape index (κ1) is 12.4. The lowest BCUT2D eigenvalue weighted by Crippen LogP contribution is -2.30. The van der Waals surface area contributed by atoms with Gasteiger partial charge in [0, 0.05) is 5.56 Å². The largest absolute Gasteiger partial charge is 0.375 e. The van der Waals surface area contributed by atoms with Crippen molar-refractivity contribution >= 4 is 25.0 Å². The Labute approximate surface area is 98.1 Å². The third-order valence-corrected chi connectivity index (χ3v) is 2.08. The van der Waals surface area contributed by atoms with Crippen LogP contribution in [-0.2, 0) is 0 Å². The van der Waals surface area contributed by atoms with Crippen LogP contribution in [0.15, 0.2) is 36.8 Å². The maximum absolute atomic E-state index is 4.35. The minimum atomic E-state index is 1.02. The summed E-state index contributed by atoms with van der Waals surface area (Å²) < 4.78 is 1.71. The van der Waals surface area contributed by atoms with Crippen molar-refractivity contribution in [3.63, 3.8) is 0 Å². The molecule has 0 unspecified atom stereocenters. The highest BCUT2D eigenvalue weighted by Gasteiger charge is 2.04. The molecule has 0 aliphatic rings. The number of fused-ring (bicyclic) bond motifs is 1. The van der Waals surface area contributed by atoms with E-state index >= 15 is 0 Å². The molecule has 0 amide bonds. The van der Waals surface area contributed by atoms with Gasteiger partial charge < -0.3 is 4.48 Å². The molecule has 2 nitrogen and oxygen atoms in total. The van der Waals surface area contributed by atoms with Crippen LogP contribution >= 0.6 is 0 Å². The zero-order chi connectivity index (χ0) is 12.0. The van der Waals surface area contributed by atoms with Crippen molar-refractivity contribution in [1.82, 2.24) is 4.98 Å². The van der Waals surface area contributed by atoms with E-state index in [1.54, 1.807) is 10.8 Å². The van der Waals surface area contributed by atoms with Gasteiger partial charge in [-0.15, -0.1) is 0 Å². The highest BCUT2D eigenvalue weighted by molar-refractivity contribution is 5.95. The van der Waals surface area contributed by atoms with E-state index in [4.69, 9.17) is 0 Å². The first-order valence-corrected chi connectivity index (χ1v) is 5.55. The fourth-order valence-corrected chi connectivity index (χ4v) is 1.49. The molecule has 0 atom stereocenters. The third kappa shape index (κ3) is 2.69. The lowest BCUT2D eigenvalue weighted by molar-refractivity contribution is -0.523. The van der Waals surface area contributed by atoms with Gasteiger partial charge in [-0.05, 0) is 13.0 Å². The van der Waals surface area contributed by atoms with Crippen molar-refractivity contribution in [2.45, 2.75) is 20.8 Å². The SMILES string of the molecule is CC.[BH][n+]1cnc2c(/C=C/C)cccc2c1. The molecule has 0 bridgehead atoms. The van der Waals surface area contributed by atoms with E-state index in [1.807, 2.05) is 45.2 Å². The van der Waals surface area contributed by atoms with Gasteiger partial charge in [-0.25, -0.2) is 0 Å². The lowest BCUT2D eigenvalue weighted by Gasteiger charge is -1.96. The Kier molecular flexibility index (Phi) is 4.71. The van der Waals surface area contributed by atoms with E-state index in [9.17, 15) is 0 Å². The Balaban J connectivity index is 0.000000606. The van der Waals surface area contributed by atoms with Crippen molar-refractivity contribution in [3.8, 4) is 0 Å². The number of aromatic nitrogens is 2. The molecule has 2 rings (SSSR count). The maximum Gasteiger partial charge on any atom is 0.375 e. The number of rotatable bonds is 1. The van der Waals surface area contributed by atoms with Crippen LogP contribution in [-0.4, -0.2) is 13.0 Å². The Morgan fingerprint density at radius 3 is 2.75 bits per heavy atom. The minimum absolute atomic E-state index is 1.02. The Bertz CT molecular complexity index is 492. The molecule has 16 heavy (non-hydrogen) atoms. The molecule has 2 aromatic rings. The number of hydrogen-bond acceptors (Lipinski definition) is 1. The highest BCUT2D eigenvalue weighted by atomic mass is 14.9. The molecule has 0 aliphatic heterocycles. The fraction of sp³-hybridized carbons (Fsp3) is 0.231. The summed E-state index contributed by atoms with van der Waals surface area (Å²) in [4.78, 5) is 4.35. The number of para-hydroxylation sites is 1. The van der Waals surface area contributed by atoms with Gasteiger partial charge in [0.25, 0.3) is 6.33 Å². The van der Waals surface area contributed by atoms with Crippen LogP contribution in [0, 0.1) is 0 Å². The predicted molar refractivity (Wildman–Crippen MR) is 70.5 cm³/mol. The molecule has 0 spiro atoms. The van der Waals surface area contributed by atoms with Crippen molar-refractivity contribution < 1.29 is 4.48 Å². The summed E-state index contributed by atoms with van der Waals surface area (Å²) in [6.07, 6.45) is 7.76. The number of benzene rings is 1. The van der Waals surface area contributed by atoms with Crippen LogP contribution in [0.1, 0.15) is 26.3 Å². The minimum Gasteiger partial charge on any atom is -0.306 e. The van der Waals surface area contributed by atoms with Gasteiger partial charge in [-0.3, -0.25) is 0 Å². The molecule has 1 aromatic carbocycles. The van der Waals surface area contributed by atoms with Gasteiger partial charge in [-0.1, -0.05) is 43.1 Å². The van der Waals surface area contributed by atoms with Gasteiger partial charge in [0.05, 0.1) is 11.6 Å². The molecule has 0 N–H and O–H groups in total. The van der Waals surface area contributed by atoms with Crippen molar-refractivity contribution in [2.75, 3.05) is 0 Å². The Hall–Kier alpha value is -1.64. The monoisotopic (exact) mass is 212 g/mol. The second-order valence-corrected chi connectivity index (χ2v) is 3.17. The Morgan fingerprint density at radius 2 is 2.06 bits per heavy atom. The van der Waals surface area contributed by atoms with E-state index in [-0.39, 0.29) is 0 Å². The van der Waals surface area contributed by atoms with Gasteiger partial charge in [0.2, 0.25) is 0 Å². The van der Waals surface area contributed by atoms with Crippen LogP contribution in [0.4, 0.5) is 0 Å². The predicted octanol–water partition coefficient (Wildman–Crippen LogP) is 2.25. The second-order valence-electron chi connectivity index (χ2n) is 3.17. The van der Waals surface area contributed by atoms with E-state index in [1.165, 1.54) is 0 Å². The average Bonchev–Trinajstić information content (AvgIpc) is 2.32. The van der Waals surface area contributed by atoms with Gasteiger partial charge in [0.1, 0.15) is 0 Å². The topological polar surface area (TPSA) is 16.8 Å². The zero-order valence-corrected chi connectivity index (χ0v) is 10.1. The van der Waals surface area contributed by atoms with Gasteiger partial charge >= 0.3 is 7.98 Å². The average molecular weight is 212 g/mol. The zero-order valence-electron chi connectivity index (χ0n) is 10.1. The first-order valence-electron chi connectivity index (χ1n) is 5.55. The molecular formula is C13H17BN2+. The second kappa shape index (κ2) is 6.06. The van der Waals surface area contributed by atoms with E-state index in [0.29, 0.717) is 0 Å². The molecule has 1 aromatic heterocycles. The van der Waals surface area contributed by atoms with Crippen molar-refractivity contribution in [3.05, 3.63) is 42.4 Å². The summed E-state index contributed by atoms with van der Waals surface area (Å²) in [6, 6.07) is 6.12. The molecular weight excluding hydrogens is 195 g/mol. The summed E-state index contributed by atoms with van der Waals surface area (Å²) >= 11 is 0. The summed E-state index contributed by atoms with van der Waals surface area (Å²) in [5.41, 5.74) is 2.16. The highest BCUT2D eigenvalue weighted by Crippen LogP contribution is 2.15. The van der Waals surface area contributed by atoms with Gasteiger partial charge in [-0.2, -0.15) is 0 Å². The van der Waals surface area contributed by atoms with Gasteiger partial charge in [0.15, 0.2) is 5.52 Å². The van der Waals surface area contributed by atoms with E-state index in [2.05, 4.69) is 25.1 Å². The lowest BCUT2D eigenvalue weighted by atomic mass is 10.1. The molecule has 0 aliphatic carbocycles. The third-order valence-electron chi connectivity index (χ3n) is 2.08. The smallest absolute Gasteiger partial charge is 0.306 e. The summed E-state index contributed by atoms with van der Waals surface area (Å²) in [7, 11) is 3.78. The molecule has 1 radical (unpaired) electrons. The summed E-state index contributed by atoms with van der Waals surface area (Å²) in [6.45, 7) is 6.00. The molecule has 81 valence electrons. The molecule has 0 fully saturated rings. The van der Waals surface area contributed by atoms with Crippen LogP contribution in [0.25, 0.3) is 17.0 Å². The molecule has 3 heteroatoms. The molecule has 0 saturated carbocycles. The van der Waals surface area contributed by atoms with E-state index < -0.39 is 0 Å². The van der Waals surface area contributed by atoms with Crippen LogP contribution < -0.4 is 4.48 Å². The first-order chi connectivity index (χ1) is 7.81. The Morgan fingerprint density at radius 1 is 1.31 bits per heavy atom. The summed E-state index contributed by atoms with van der Waals surface area (Å²) in [5.74, 6) is 0. The normalized spacial score (nSPS) is 10.2. The number of nitrogens with zero attached hydrogens (tertiary/aromatic N) is 2. The van der Waals surface area contributed by atoms with E-state index in [0.717, 1.165) is 16.5 Å². The van der Waals surface area contributed by atoms with Crippen molar-refractivity contribution in [1.29, 1.82) is 0 Å². The van der Waals surface area contributed by atoms with Crippen LogP contribution in [0.2, 0.25) is 0 Å². The quantitative estimate of drug-likeness (QED) is 0.662. The number of hydrogen-bond donors (Lipinski definition) is 0. The number of allylic oxidation sites excluding steroid dienone is 1. The summed E-state index contributed by atoms with van der Waals surface area (Å²) in [5, 5.41) is 1.11.